The minimum Gasteiger partial charge on any atom is -0.388 e. The van der Waals surface area contributed by atoms with Gasteiger partial charge in [-0.15, -0.1) is 0 Å². The summed E-state index contributed by atoms with van der Waals surface area (Å²) in [5.41, 5.74) is 3.96. The monoisotopic (exact) mass is 267 g/mol. The molecule has 0 aliphatic carbocycles. The molecule has 2 heterocycles. The van der Waals surface area contributed by atoms with Crippen molar-refractivity contribution >= 4 is 17.3 Å². The van der Waals surface area contributed by atoms with Gasteiger partial charge in [0.1, 0.15) is 0 Å². The van der Waals surface area contributed by atoms with Gasteiger partial charge < -0.3 is 10.2 Å². The first-order valence-corrected chi connectivity index (χ1v) is 6.82. The van der Waals surface area contributed by atoms with Crippen molar-refractivity contribution in [1.82, 2.24) is 4.98 Å². The Balaban J connectivity index is 1.96. The quantitative estimate of drug-likeness (QED) is 0.910. The number of hydrogen-bond donors (Lipinski definition) is 1. The van der Waals surface area contributed by atoms with Crippen molar-refractivity contribution in [3.8, 4) is 0 Å². The zero-order chi connectivity index (χ0) is 13.9. The summed E-state index contributed by atoms with van der Waals surface area (Å²) in [4.78, 5) is 18.5. The molecule has 0 radical (unpaired) electrons. The van der Waals surface area contributed by atoms with Crippen molar-refractivity contribution in [2.75, 3.05) is 23.8 Å². The number of hydrogen-bond acceptors (Lipinski definition) is 3. The van der Waals surface area contributed by atoms with Crippen molar-refractivity contribution in [1.29, 1.82) is 0 Å². The van der Waals surface area contributed by atoms with E-state index in [2.05, 4.69) is 16.4 Å². The topological polar surface area (TPSA) is 45.2 Å². The third kappa shape index (κ3) is 2.25. The summed E-state index contributed by atoms with van der Waals surface area (Å²) in [5, 5.41) is 3.14. The van der Waals surface area contributed by atoms with Crippen LogP contribution in [-0.4, -0.2) is 24.5 Å². The van der Waals surface area contributed by atoms with Crippen LogP contribution in [0.3, 0.4) is 0 Å². The second-order valence-corrected chi connectivity index (χ2v) is 4.90. The molecule has 1 aromatic carbocycles. The van der Waals surface area contributed by atoms with Crippen LogP contribution in [0.25, 0.3) is 0 Å². The highest BCUT2D eigenvalue weighted by Gasteiger charge is 2.23. The van der Waals surface area contributed by atoms with Gasteiger partial charge in [0.15, 0.2) is 0 Å². The van der Waals surface area contributed by atoms with E-state index in [1.165, 1.54) is 5.56 Å². The lowest BCUT2D eigenvalue weighted by Crippen LogP contribution is -2.35. The van der Waals surface area contributed by atoms with Gasteiger partial charge in [-0.25, -0.2) is 0 Å². The number of nitrogens with one attached hydrogen (secondary N) is 1. The number of fused-ring (bicyclic) bond motifs is 1. The van der Waals surface area contributed by atoms with Crippen LogP contribution in [0.4, 0.5) is 11.4 Å². The van der Waals surface area contributed by atoms with E-state index in [-0.39, 0.29) is 5.91 Å². The van der Waals surface area contributed by atoms with E-state index < -0.39 is 0 Å². The van der Waals surface area contributed by atoms with Crippen LogP contribution in [0, 0.1) is 0 Å². The number of anilines is 2. The summed E-state index contributed by atoms with van der Waals surface area (Å²) in [6, 6.07) is 9.76. The van der Waals surface area contributed by atoms with Crippen LogP contribution in [0.1, 0.15) is 22.3 Å². The third-order valence-electron chi connectivity index (χ3n) is 3.64. The number of rotatable bonds is 2. The Kier molecular flexibility index (Phi) is 3.37. The van der Waals surface area contributed by atoms with Gasteiger partial charge in [-0.3, -0.25) is 9.78 Å². The number of aryl methyl sites for hydroxylation is 1. The molecule has 4 heteroatoms. The first-order chi connectivity index (χ1) is 9.79. The molecule has 4 nitrogen and oxygen atoms in total. The van der Waals surface area contributed by atoms with E-state index in [9.17, 15) is 4.79 Å². The molecular formula is C16H17N3O. The smallest absolute Gasteiger partial charge is 0.259 e. The predicted molar refractivity (Wildman–Crippen MR) is 80.2 cm³/mol. The van der Waals surface area contributed by atoms with E-state index in [1.807, 2.05) is 30.1 Å². The maximum atomic E-state index is 12.6. The van der Waals surface area contributed by atoms with Crippen molar-refractivity contribution in [3.05, 3.63) is 53.9 Å². The SMILES string of the molecule is CNc1ccc2c(c1)CCCN2C(=O)c1cccnc1. The van der Waals surface area contributed by atoms with Crippen LogP contribution < -0.4 is 10.2 Å². The van der Waals surface area contributed by atoms with Gasteiger partial charge in [0, 0.05) is 37.4 Å². The normalized spacial score (nSPS) is 13.8. The number of carbonyl (C=O) groups excluding carboxylic acids is 1. The molecule has 0 fully saturated rings. The summed E-state index contributed by atoms with van der Waals surface area (Å²) < 4.78 is 0. The summed E-state index contributed by atoms with van der Waals surface area (Å²) in [6.07, 6.45) is 5.31. The number of pyridine rings is 1. The first-order valence-electron chi connectivity index (χ1n) is 6.82. The van der Waals surface area contributed by atoms with Gasteiger partial charge in [-0.1, -0.05) is 0 Å². The van der Waals surface area contributed by atoms with Gasteiger partial charge in [0.2, 0.25) is 0 Å². The lowest BCUT2D eigenvalue weighted by Gasteiger charge is -2.30. The summed E-state index contributed by atoms with van der Waals surface area (Å²) >= 11 is 0. The van der Waals surface area contributed by atoms with Gasteiger partial charge in [-0.2, -0.15) is 0 Å². The van der Waals surface area contributed by atoms with Crippen molar-refractivity contribution in [3.63, 3.8) is 0 Å². The molecule has 0 saturated carbocycles. The molecule has 0 saturated heterocycles. The fourth-order valence-corrected chi connectivity index (χ4v) is 2.61. The van der Waals surface area contributed by atoms with Gasteiger partial charge in [0.05, 0.1) is 5.56 Å². The molecule has 0 atom stereocenters. The molecule has 1 N–H and O–H groups in total. The molecule has 0 unspecified atom stereocenters. The molecular weight excluding hydrogens is 250 g/mol. The highest BCUT2D eigenvalue weighted by atomic mass is 16.2. The van der Waals surface area contributed by atoms with Gasteiger partial charge >= 0.3 is 0 Å². The largest absolute Gasteiger partial charge is 0.388 e. The first kappa shape index (κ1) is 12.7. The average Bonchev–Trinajstić information content (AvgIpc) is 2.54. The van der Waals surface area contributed by atoms with Crippen molar-refractivity contribution in [2.24, 2.45) is 0 Å². The Bertz CT molecular complexity index is 625. The summed E-state index contributed by atoms with van der Waals surface area (Å²) in [6.45, 7) is 0.764. The zero-order valence-electron chi connectivity index (χ0n) is 11.5. The predicted octanol–water partition coefficient (Wildman–Crippen LogP) is 2.72. The lowest BCUT2D eigenvalue weighted by molar-refractivity contribution is 0.0985. The number of benzene rings is 1. The fourth-order valence-electron chi connectivity index (χ4n) is 2.61. The Morgan fingerprint density at radius 1 is 1.35 bits per heavy atom. The van der Waals surface area contributed by atoms with E-state index in [1.54, 1.807) is 18.5 Å². The maximum Gasteiger partial charge on any atom is 0.259 e. The second kappa shape index (κ2) is 5.33. The van der Waals surface area contributed by atoms with E-state index in [4.69, 9.17) is 0 Å². The molecule has 20 heavy (non-hydrogen) atoms. The van der Waals surface area contributed by atoms with Crippen LogP contribution in [0.5, 0.6) is 0 Å². The van der Waals surface area contributed by atoms with Crippen LogP contribution in [-0.2, 0) is 6.42 Å². The maximum absolute atomic E-state index is 12.6. The Hall–Kier alpha value is -2.36. The molecule has 0 bridgehead atoms. The van der Waals surface area contributed by atoms with Crippen molar-refractivity contribution in [2.45, 2.75) is 12.8 Å². The fraction of sp³-hybridized carbons (Fsp3) is 0.250. The minimum atomic E-state index is 0.0243. The highest BCUT2D eigenvalue weighted by Crippen LogP contribution is 2.30. The molecule has 1 aromatic heterocycles. The zero-order valence-corrected chi connectivity index (χ0v) is 11.5. The third-order valence-corrected chi connectivity index (χ3v) is 3.64. The number of amides is 1. The Labute approximate surface area is 118 Å². The summed E-state index contributed by atoms with van der Waals surface area (Å²) in [5.74, 6) is 0.0243. The minimum absolute atomic E-state index is 0.0243. The molecule has 1 aliphatic heterocycles. The van der Waals surface area contributed by atoms with Crippen molar-refractivity contribution < 1.29 is 4.79 Å². The average molecular weight is 267 g/mol. The molecule has 3 rings (SSSR count). The Morgan fingerprint density at radius 3 is 3.00 bits per heavy atom. The number of carbonyl (C=O) groups is 1. The van der Waals surface area contributed by atoms with Crippen LogP contribution >= 0.6 is 0 Å². The molecule has 2 aromatic rings. The number of nitrogens with zero attached hydrogens (tertiary/aromatic N) is 2. The lowest BCUT2D eigenvalue weighted by atomic mass is 10.00. The second-order valence-electron chi connectivity index (χ2n) is 4.90. The van der Waals surface area contributed by atoms with Gasteiger partial charge in [0.25, 0.3) is 5.91 Å². The summed E-state index contributed by atoms with van der Waals surface area (Å²) in [7, 11) is 1.91. The van der Waals surface area contributed by atoms with E-state index >= 15 is 0 Å². The highest BCUT2D eigenvalue weighted by molar-refractivity contribution is 6.06. The Morgan fingerprint density at radius 2 is 2.25 bits per heavy atom. The standard InChI is InChI=1S/C16H17N3O/c1-17-14-6-7-15-12(10-14)5-3-9-19(15)16(20)13-4-2-8-18-11-13/h2,4,6-8,10-11,17H,3,5,9H2,1H3. The molecule has 1 amide bonds. The number of aromatic nitrogens is 1. The molecule has 1 aliphatic rings. The van der Waals surface area contributed by atoms with Gasteiger partial charge in [-0.05, 0) is 48.7 Å². The van der Waals surface area contributed by atoms with Crippen LogP contribution in [0.2, 0.25) is 0 Å². The van der Waals surface area contributed by atoms with E-state index in [0.717, 1.165) is 30.8 Å². The van der Waals surface area contributed by atoms with Crippen LogP contribution in [0.15, 0.2) is 42.7 Å². The molecule has 102 valence electrons. The molecule has 0 spiro atoms. The van der Waals surface area contributed by atoms with E-state index in [0.29, 0.717) is 5.56 Å².